The number of nitrogens with zero attached hydrogens (tertiary/aromatic N) is 2. The number of anilines is 1. The highest BCUT2D eigenvalue weighted by molar-refractivity contribution is 7.91. The second-order valence-electron chi connectivity index (χ2n) is 5.62. The summed E-state index contributed by atoms with van der Waals surface area (Å²) in [6.07, 6.45) is 3.05. The van der Waals surface area contributed by atoms with Crippen LogP contribution >= 0.6 is 0 Å². The number of hydrogen-bond donors (Lipinski definition) is 1. The molecule has 0 aliphatic carbocycles. The molecule has 27 heavy (non-hydrogen) atoms. The SMILES string of the molecule is O=C(/C=C/c1ccccc1)Nc1nnc(CCS(=O)(=O)c2ccccc2)o1. The molecule has 0 spiro atoms. The fraction of sp³-hybridized carbons (Fsp3) is 0.105. The number of amides is 1. The van der Waals surface area contributed by atoms with Crippen LogP contribution in [0.4, 0.5) is 6.01 Å². The molecule has 1 N–H and O–H groups in total. The molecular weight excluding hydrogens is 366 g/mol. The van der Waals surface area contributed by atoms with E-state index < -0.39 is 15.7 Å². The molecule has 138 valence electrons. The molecule has 1 aromatic heterocycles. The average molecular weight is 383 g/mol. The predicted molar refractivity (Wildman–Crippen MR) is 101 cm³/mol. The van der Waals surface area contributed by atoms with Crippen LogP contribution in [0.25, 0.3) is 6.08 Å². The van der Waals surface area contributed by atoms with E-state index >= 15 is 0 Å². The third-order valence-corrected chi connectivity index (χ3v) is 5.34. The van der Waals surface area contributed by atoms with E-state index in [2.05, 4.69) is 15.5 Å². The van der Waals surface area contributed by atoms with E-state index in [1.807, 2.05) is 30.3 Å². The minimum Gasteiger partial charge on any atom is -0.408 e. The van der Waals surface area contributed by atoms with E-state index in [1.165, 1.54) is 18.2 Å². The Kier molecular flexibility index (Phi) is 5.77. The Morgan fingerprint density at radius 1 is 1.00 bits per heavy atom. The van der Waals surface area contributed by atoms with Crippen LogP contribution in [0.5, 0.6) is 0 Å². The van der Waals surface area contributed by atoms with Crippen LogP contribution in [0.2, 0.25) is 0 Å². The molecule has 0 saturated heterocycles. The number of hydrogen-bond acceptors (Lipinski definition) is 6. The van der Waals surface area contributed by atoms with Crippen LogP contribution in [0, 0.1) is 0 Å². The first-order chi connectivity index (χ1) is 13.0. The Labute approximate surface area is 156 Å². The maximum absolute atomic E-state index is 12.2. The summed E-state index contributed by atoms with van der Waals surface area (Å²) in [6, 6.07) is 17.4. The van der Waals surface area contributed by atoms with E-state index in [4.69, 9.17) is 4.42 Å². The summed E-state index contributed by atoms with van der Waals surface area (Å²) >= 11 is 0. The third-order valence-electron chi connectivity index (χ3n) is 3.61. The maximum atomic E-state index is 12.2. The zero-order valence-electron chi connectivity index (χ0n) is 14.3. The van der Waals surface area contributed by atoms with Gasteiger partial charge in [-0.3, -0.25) is 10.1 Å². The van der Waals surface area contributed by atoms with Crippen molar-refractivity contribution in [3.8, 4) is 0 Å². The standard InChI is InChI=1S/C19H17N3O4S/c23-17(12-11-15-7-3-1-4-8-15)20-19-22-21-18(26-19)13-14-27(24,25)16-9-5-2-6-10-16/h1-12H,13-14H2,(H,20,22,23)/b12-11+. The van der Waals surface area contributed by atoms with Crippen molar-refractivity contribution in [3.63, 3.8) is 0 Å². The molecule has 8 heteroatoms. The number of aryl methyl sites for hydroxylation is 1. The van der Waals surface area contributed by atoms with Gasteiger partial charge < -0.3 is 4.42 Å². The number of carbonyl (C=O) groups is 1. The monoisotopic (exact) mass is 383 g/mol. The van der Waals surface area contributed by atoms with E-state index in [0.29, 0.717) is 0 Å². The van der Waals surface area contributed by atoms with Crippen molar-refractivity contribution in [2.45, 2.75) is 11.3 Å². The van der Waals surface area contributed by atoms with Crippen LogP contribution < -0.4 is 5.32 Å². The van der Waals surface area contributed by atoms with Crippen LogP contribution in [-0.2, 0) is 21.1 Å². The van der Waals surface area contributed by atoms with Crippen molar-refractivity contribution in [2.75, 3.05) is 11.1 Å². The highest BCUT2D eigenvalue weighted by Gasteiger charge is 2.16. The molecule has 0 fully saturated rings. The Hall–Kier alpha value is -3.26. The molecule has 7 nitrogen and oxygen atoms in total. The lowest BCUT2D eigenvalue weighted by atomic mass is 10.2. The summed E-state index contributed by atoms with van der Waals surface area (Å²) in [7, 11) is -3.44. The molecule has 0 atom stereocenters. The summed E-state index contributed by atoms with van der Waals surface area (Å²) in [6.45, 7) is 0. The second-order valence-corrected chi connectivity index (χ2v) is 7.73. The van der Waals surface area contributed by atoms with E-state index in [9.17, 15) is 13.2 Å². The Bertz CT molecular complexity index is 1030. The summed E-state index contributed by atoms with van der Waals surface area (Å²) < 4.78 is 29.8. The van der Waals surface area contributed by atoms with Gasteiger partial charge in [0.2, 0.25) is 5.89 Å². The van der Waals surface area contributed by atoms with E-state index in [-0.39, 0.29) is 29.0 Å². The van der Waals surface area contributed by atoms with Gasteiger partial charge in [0.05, 0.1) is 10.6 Å². The lowest BCUT2D eigenvalue weighted by Gasteiger charge is -2.01. The molecule has 0 bridgehead atoms. The van der Waals surface area contributed by atoms with Crippen molar-refractivity contribution in [3.05, 3.63) is 78.2 Å². The molecule has 1 heterocycles. The Morgan fingerprint density at radius 2 is 1.67 bits per heavy atom. The highest BCUT2D eigenvalue weighted by Crippen LogP contribution is 2.13. The van der Waals surface area contributed by atoms with Crippen LogP contribution in [0.3, 0.4) is 0 Å². The number of rotatable bonds is 7. The molecule has 2 aromatic carbocycles. The topological polar surface area (TPSA) is 102 Å². The van der Waals surface area contributed by atoms with Crippen molar-refractivity contribution in [1.82, 2.24) is 10.2 Å². The minimum absolute atomic E-state index is 0.0555. The van der Waals surface area contributed by atoms with Crippen LogP contribution in [0.1, 0.15) is 11.5 Å². The zero-order valence-corrected chi connectivity index (χ0v) is 15.1. The minimum atomic E-state index is -3.44. The lowest BCUT2D eigenvalue weighted by molar-refractivity contribution is -0.112. The second kappa shape index (κ2) is 8.41. The number of sulfone groups is 1. The summed E-state index contributed by atoms with van der Waals surface area (Å²) in [5, 5.41) is 9.92. The number of carbonyl (C=O) groups excluding carboxylic acids is 1. The normalized spacial score (nSPS) is 11.6. The van der Waals surface area contributed by atoms with Crippen LogP contribution in [0.15, 0.2) is 76.1 Å². The molecule has 3 rings (SSSR count). The van der Waals surface area contributed by atoms with Crippen LogP contribution in [-0.4, -0.2) is 30.3 Å². The predicted octanol–water partition coefficient (Wildman–Crippen LogP) is 2.74. The van der Waals surface area contributed by atoms with Gasteiger partial charge in [-0.1, -0.05) is 53.6 Å². The Balaban J connectivity index is 1.55. The lowest BCUT2D eigenvalue weighted by Crippen LogP contribution is -2.09. The molecule has 0 radical (unpaired) electrons. The van der Waals surface area contributed by atoms with Crippen molar-refractivity contribution >= 4 is 27.8 Å². The third kappa shape index (κ3) is 5.35. The largest absolute Gasteiger partial charge is 0.408 e. The summed E-state index contributed by atoms with van der Waals surface area (Å²) in [5.41, 5.74) is 0.880. The molecule has 0 aliphatic rings. The number of nitrogens with one attached hydrogen (secondary N) is 1. The quantitative estimate of drug-likeness (QED) is 0.630. The molecule has 0 saturated carbocycles. The highest BCUT2D eigenvalue weighted by atomic mass is 32.2. The maximum Gasteiger partial charge on any atom is 0.322 e. The van der Waals surface area contributed by atoms with Crippen molar-refractivity contribution in [2.24, 2.45) is 0 Å². The molecule has 0 unspecified atom stereocenters. The average Bonchev–Trinajstić information content (AvgIpc) is 3.14. The van der Waals surface area contributed by atoms with Gasteiger partial charge in [0.1, 0.15) is 0 Å². The van der Waals surface area contributed by atoms with E-state index in [0.717, 1.165) is 5.56 Å². The first-order valence-electron chi connectivity index (χ1n) is 8.17. The van der Waals surface area contributed by atoms with Gasteiger partial charge in [0, 0.05) is 12.5 Å². The molecule has 0 aliphatic heterocycles. The van der Waals surface area contributed by atoms with Gasteiger partial charge in [-0.2, -0.15) is 0 Å². The van der Waals surface area contributed by atoms with Gasteiger partial charge in [0.15, 0.2) is 9.84 Å². The summed E-state index contributed by atoms with van der Waals surface area (Å²) in [4.78, 5) is 12.1. The zero-order chi connectivity index (χ0) is 19.1. The van der Waals surface area contributed by atoms with Gasteiger partial charge in [-0.05, 0) is 23.8 Å². The molecule has 1 amide bonds. The number of aromatic nitrogens is 2. The fourth-order valence-corrected chi connectivity index (χ4v) is 3.51. The first kappa shape index (κ1) is 18.5. The fourth-order valence-electron chi connectivity index (χ4n) is 2.26. The van der Waals surface area contributed by atoms with Gasteiger partial charge in [-0.25, -0.2) is 8.42 Å². The van der Waals surface area contributed by atoms with Gasteiger partial charge >= 0.3 is 6.01 Å². The van der Waals surface area contributed by atoms with Gasteiger partial charge in [-0.15, -0.1) is 5.10 Å². The first-order valence-corrected chi connectivity index (χ1v) is 9.82. The van der Waals surface area contributed by atoms with E-state index in [1.54, 1.807) is 24.3 Å². The molecular formula is C19H17N3O4S. The number of benzene rings is 2. The Morgan fingerprint density at radius 3 is 2.37 bits per heavy atom. The summed E-state index contributed by atoms with van der Waals surface area (Å²) in [5.74, 6) is -0.455. The van der Waals surface area contributed by atoms with Gasteiger partial charge in [0.25, 0.3) is 5.91 Å². The molecule has 3 aromatic rings. The smallest absolute Gasteiger partial charge is 0.322 e. The van der Waals surface area contributed by atoms with Crippen molar-refractivity contribution < 1.29 is 17.6 Å². The van der Waals surface area contributed by atoms with Crippen molar-refractivity contribution in [1.29, 1.82) is 0 Å².